The van der Waals surface area contributed by atoms with Gasteiger partial charge in [0, 0.05) is 0 Å². The summed E-state index contributed by atoms with van der Waals surface area (Å²) in [6, 6.07) is 1.48. The minimum atomic E-state index is -0.553. The van der Waals surface area contributed by atoms with Gasteiger partial charge in [-0.2, -0.15) is 0 Å². The number of carbonyl (C=O) groups is 2. The average molecular weight is 326 g/mol. The van der Waals surface area contributed by atoms with Gasteiger partial charge in [0.15, 0.2) is 0 Å². The highest BCUT2D eigenvalue weighted by molar-refractivity contribution is 9.08. The quantitative estimate of drug-likeness (QED) is 0.613. The van der Waals surface area contributed by atoms with Gasteiger partial charge >= 0.3 is 11.9 Å². The van der Waals surface area contributed by atoms with Crippen LogP contribution in [0.1, 0.15) is 21.9 Å². The Bertz CT molecular complexity index is 415. The summed E-state index contributed by atoms with van der Waals surface area (Å²) >= 11 is 8.45. The number of furan rings is 1. The van der Waals surface area contributed by atoms with E-state index in [4.69, 9.17) is 20.8 Å². The van der Waals surface area contributed by atoms with Crippen LogP contribution >= 0.6 is 27.5 Å². The fourth-order valence-electron chi connectivity index (χ4n) is 1.13. The fraction of sp³-hybridized carbons (Fsp3) is 0.400. The van der Waals surface area contributed by atoms with Crippen LogP contribution in [0.3, 0.4) is 0 Å². The second kappa shape index (κ2) is 6.66. The third-order valence-electron chi connectivity index (χ3n) is 1.87. The Hall–Kier alpha value is -1.01. The zero-order chi connectivity index (χ0) is 12.8. The molecule has 1 aromatic rings. The molecule has 17 heavy (non-hydrogen) atoms. The van der Waals surface area contributed by atoms with E-state index in [1.165, 1.54) is 13.2 Å². The van der Waals surface area contributed by atoms with Gasteiger partial charge in [-0.1, -0.05) is 15.9 Å². The molecule has 0 spiro atoms. The van der Waals surface area contributed by atoms with Crippen LogP contribution in [0.25, 0.3) is 0 Å². The molecule has 0 amide bonds. The lowest BCUT2D eigenvalue weighted by Gasteiger charge is -1.98. The molecule has 0 radical (unpaired) electrons. The van der Waals surface area contributed by atoms with Gasteiger partial charge in [-0.15, -0.1) is 11.6 Å². The van der Waals surface area contributed by atoms with E-state index in [1.807, 2.05) is 0 Å². The molecule has 0 aromatic carbocycles. The Morgan fingerprint density at radius 1 is 1.53 bits per heavy atom. The summed E-state index contributed by atoms with van der Waals surface area (Å²) in [6.45, 7) is -0.0669. The predicted octanol–water partition coefficient (Wildman–Crippen LogP) is 2.24. The number of ether oxygens (including phenoxy) is 2. The third-order valence-corrected chi connectivity index (χ3v) is 2.60. The largest absolute Gasteiger partial charge is 0.465 e. The number of hydrogen-bond donors (Lipinski definition) is 0. The first-order chi connectivity index (χ1) is 8.12. The molecular weight excluding hydrogens is 315 g/mol. The zero-order valence-corrected chi connectivity index (χ0v) is 11.3. The van der Waals surface area contributed by atoms with Crippen molar-refractivity contribution >= 4 is 39.5 Å². The number of methoxy groups -OCH3 is 1. The zero-order valence-electron chi connectivity index (χ0n) is 9.00. The van der Waals surface area contributed by atoms with E-state index in [0.717, 1.165) is 0 Å². The van der Waals surface area contributed by atoms with E-state index in [1.54, 1.807) is 0 Å². The Labute approximate surface area is 111 Å². The van der Waals surface area contributed by atoms with Crippen LogP contribution in [-0.2, 0) is 26.2 Å². The number of alkyl halides is 2. The molecule has 0 saturated carbocycles. The summed E-state index contributed by atoms with van der Waals surface area (Å²) in [7, 11) is 1.28. The average Bonchev–Trinajstić information content (AvgIpc) is 2.78. The minimum absolute atomic E-state index is 0.0669. The highest BCUT2D eigenvalue weighted by Gasteiger charge is 2.18. The summed E-state index contributed by atoms with van der Waals surface area (Å²) in [6.07, 6.45) is 0. The number of rotatable bonds is 5. The molecule has 0 aliphatic carbocycles. The molecule has 0 fully saturated rings. The van der Waals surface area contributed by atoms with Gasteiger partial charge < -0.3 is 13.9 Å². The normalized spacial score (nSPS) is 10.1. The van der Waals surface area contributed by atoms with Gasteiger partial charge in [0.05, 0.1) is 12.4 Å². The summed E-state index contributed by atoms with van der Waals surface area (Å²) in [5, 5.41) is 0.362. The third kappa shape index (κ3) is 3.74. The molecule has 0 bridgehead atoms. The van der Waals surface area contributed by atoms with Gasteiger partial charge in [-0.05, 0) is 6.07 Å². The molecule has 0 unspecified atom stereocenters. The monoisotopic (exact) mass is 324 g/mol. The van der Waals surface area contributed by atoms with Crippen molar-refractivity contribution in [2.45, 2.75) is 11.9 Å². The first-order valence-electron chi connectivity index (χ1n) is 4.59. The first-order valence-corrected chi connectivity index (χ1v) is 6.25. The Balaban J connectivity index is 2.78. The molecule has 5 nitrogen and oxygen atoms in total. The minimum Gasteiger partial charge on any atom is -0.465 e. The van der Waals surface area contributed by atoms with Gasteiger partial charge in [-0.3, -0.25) is 4.79 Å². The maximum Gasteiger partial charge on any atom is 0.341 e. The summed E-state index contributed by atoms with van der Waals surface area (Å²) in [5.74, 6) is -0.496. The molecule has 1 heterocycles. The first kappa shape index (κ1) is 14.1. The van der Waals surface area contributed by atoms with Crippen LogP contribution in [0.2, 0.25) is 0 Å². The van der Waals surface area contributed by atoms with E-state index in [9.17, 15) is 9.59 Å². The lowest BCUT2D eigenvalue weighted by atomic mass is 10.2. The van der Waals surface area contributed by atoms with Crippen molar-refractivity contribution in [2.75, 3.05) is 13.0 Å². The summed E-state index contributed by atoms with van der Waals surface area (Å²) in [4.78, 5) is 22.2. The van der Waals surface area contributed by atoms with E-state index in [2.05, 4.69) is 20.7 Å². The van der Waals surface area contributed by atoms with Crippen LogP contribution in [0.15, 0.2) is 10.5 Å². The molecule has 1 aromatic heterocycles. The molecule has 0 aliphatic rings. The highest BCUT2D eigenvalue weighted by Crippen LogP contribution is 2.20. The Kier molecular flexibility index (Phi) is 5.50. The van der Waals surface area contributed by atoms with Crippen molar-refractivity contribution in [3.05, 3.63) is 23.2 Å². The van der Waals surface area contributed by atoms with Crippen LogP contribution in [0.5, 0.6) is 0 Å². The lowest BCUT2D eigenvalue weighted by molar-refractivity contribution is -0.142. The number of halogens is 2. The highest BCUT2D eigenvalue weighted by atomic mass is 79.9. The van der Waals surface area contributed by atoms with E-state index < -0.39 is 11.9 Å². The molecular formula is C10H10BrClO5. The molecule has 0 atom stereocenters. The van der Waals surface area contributed by atoms with Crippen molar-refractivity contribution in [2.24, 2.45) is 0 Å². The predicted molar refractivity (Wildman–Crippen MR) is 63.2 cm³/mol. The smallest absolute Gasteiger partial charge is 0.341 e. The van der Waals surface area contributed by atoms with Crippen molar-refractivity contribution in [3.63, 3.8) is 0 Å². The van der Waals surface area contributed by atoms with Gasteiger partial charge in [0.2, 0.25) is 0 Å². The van der Waals surface area contributed by atoms with Crippen molar-refractivity contribution in [1.82, 2.24) is 0 Å². The van der Waals surface area contributed by atoms with Crippen LogP contribution in [0.4, 0.5) is 0 Å². The number of carbonyl (C=O) groups excluding carboxylic acids is 2. The van der Waals surface area contributed by atoms with E-state index >= 15 is 0 Å². The molecule has 0 saturated heterocycles. The van der Waals surface area contributed by atoms with E-state index in [-0.39, 0.29) is 12.5 Å². The molecule has 94 valence electrons. The second-order valence-corrected chi connectivity index (χ2v) is 3.80. The summed E-state index contributed by atoms with van der Waals surface area (Å²) in [5.41, 5.74) is 0.307. The van der Waals surface area contributed by atoms with Crippen molar-refractivity contribution in [3.8, 4) is 0 Å². The SMILES string of the molecule is COC(=O)c1cc(COC(=O)CCl)oc1CBr. The molecule has 0 N–H and O–H groups in total. The van der Waals surface area contributed by atoms with Gasteiger partial charge in [0.25, 0.3) is 0 Å². The second-order valence-electron chi connectivity index (χ2n) is 2.97. The number of hydrogen-bond acceptors (Lipinski definition) is 5. The van der Waals surface area contributed by atoms with Crippen molar-refractivity contribution in [1.29, 1.82) is 0 Å². The Morgan fingerprint density at radius 2 is 2.24 bits per heavy atom. The molecule has 7 heteroatoms. The lowest BCUT2D eigenvalue weighted by Crippen LogP contribution is -2.05. The van der Waals surface area contributed by atoms with Gasteiger partial charge in [0.1, 0.15) is 29.6 Å². The van der Waals surface area contributed by atoms with Crippen LogP contribution < -0.4 is 0 Å². The fourth-order valence-corrected chi connectivity index (χ4v) is 1.62. The maximum atomic E-state index is 11.4. The van der Waals surface area contributed by atoms with Crippen LogP contribution in [-0.4, -0.2) is 24.9 Å². The standard InChI is InChI=1S/C10H10BrClO5/c1-15-10(14)7-2-6(17-8(7)3-11)5-16-9(13)4-12/h2H,3-5H2,1H3. The number of esters is 2. The topological polar surface area (TPSA) is 65.7 Å². The van der Waals surface area contributed by atoms with E-state index in [0.29, 0.717) is 22.4 Å². The molecule has 1 rings (SSSR count). The maximum absolute atomic E-state index is 11.4. The summed E-state index contributed by atoms with van der Waals surface area (Å²) < 4.78 is 14.7. The van der Waals surface area contributed by atoms with Gasteiger partial charge in [-0.25, -0.2) is 4.79 Å². The van der Waals surface area contributed by atoms with Crippen LogP contribution in [0, 0.1) is 0 Å². The Morgan fingerprint density at radius 3 is 2.76 bits per heavy atom. The molecule has 0 aliphatic heterocycles. The van der Waals surface area contributed by atoms with Crippen molar-refractivity contribution < 1.29 is 23.5 Å².